The molecule has 3 aromatic rings. The summed E-state index contributed by atoms with van der Waals surface area (Å²) >= 11 is 6.75. The highest BCUT2D eigenvalue weighted by molar-refractivity contribution is 7.71. The normalized spacial score (nSPS) is 10.8. The van der Waals surface area contributed by atoms with Crippen LogP contribution in [0.25, 0.3) is 10.9 Å². The van der Waals surface area contributed by atoms with Crippen molar-refractivity contribution < 1.29 is 4.79 Å². The molecule has 5 nitrogen and oxygen atoms in total. The molecule has 0 aliphatic carbocycles. The van der Waals surface area contributed by atoms with E-state index in [1.54, 1.807) is 47.6 Å². The third kappa shape index (κ3) is 3.47. The molecule has 0 aliphatic heterocycles. The second kappa shape index (κ2) is 7.16. The first-order valence-corrected chi connectivity index (χ1v) is 8.95. The van der Waals surface area contributed by atoms with Crippen LogP contribution < -0.4 is 5.56 Å². The van der Waals surface area contributed by atoms with E-state index in [1.807, 2.05) is 17.5 Å². The molecule has 0 saturated heterocycles. The SMILES string of the molecule is C=CCN(Cc1cccs1)C(=O)c1ccc2c(=O)n(C)c(=S)[nH]c2c1. The van der Waals surface area contributed by atoms with Crippen molar-refractivity contribution in [3.63, 3.8) is 0 Å². The van der Waals surface area contributed by atoms with E-state index in [-0.39, 0.29) is 11.5 Å². The third-order valence-electron chi connectivity index (χ3n) is 3.91. The molecule has 1 amide bonds. The van der Waals surface area contributed by atoms with Gasteiger partial charge < -0.3 is 9.88 Å². The Labute approximate surface area is 153 Å². The lowest BCUT2D eigenvalue weighted by atomic mass is 10.1. The molecule has 0 unspecified atom stereocenters. The molecule has 25 heavy (non-hydrogen) atoms. The maximum Gasteiger partial charge on any atom is 0.261 e. The van der Waals surface area contributed by atoms with E-state index in [1.165, 1.54) is 4.57 Å². The summed E-state index contributed by atoms with van der Waals surface area (Å²) in [6.45, 7) is 4.70. The average molecular weight is 371 g/mol. The molecule has 1 aromatic carbocycles. The fourth-order valence-electron chi connectivity index (χ4n) is 2.59. The lowest BCUT2D eigenvalue weighted by molar-refractivity contribution is 0.0764. The molecule has 2 heterocycles. The zero-order chi connectivity index (χ0) is 18.0. The van der Waals surface area contributed by atoms with Crippen molar-refractivity contribution in [1.29, 1.82) is 0 Å². The number of rotatable bonds is 5. The Bertz CT molecular complexity index is 1050. The minimum Gasteiger partial charge on any atom is -0.332 e. The van der Waals surface area contributed by atoms with Gasteiger partial charge in [-0.25, -0.2) is 0 Å². The summed E-state index contributed by atoms with van der Waals surface area (Å²) in [5.41, 5.74) is 0.887. The molecular formula is C18H17N3O2S2. The predicted molar refractivity (Wildman–Crippen MR) is 104 cm³/mol. The second-order valence-corrected chi connectivity index (χ2v) is 7.03. The number of benzene rings is 1. The smallest absolute Gasteiger partial charge is 0.261 e. The number of hydrogen-bond donors (Lipinski definition) is 1. The van der Waals surface area contributed by atoms with Crippen molar-refractivity contribution in [1.82, 2.24) is 14.5 Å². The first-order chi connectivity index (χ1) is 12.0. The molecule has 1 N–H and O–H groups in total. The van der Waals surface area contributed by atoms with Crippen LogP contribution in [-0.4, -0.2) is 26.9 Å². The molecule has 0 radical (unpaired) electrons. The van der Waals surface area contributed by atoms with Crippen molar-refractivity contribution in [2.45, 2.75) is 6.54 Å². The fourth-order valence-corrected chi connectivity index (χ4v) is 3.50. The molecule has 0 aliphatic rings. The Morgan fingerprint density at radius 1 is 1.44 bits per heavy atom. The van der Waals surface area contributed by atoms with E-state index in [0.717, 1.165) is 4.88 Å². The average Bonchev–Trinajstić information content (AvgIpc) is 3.11. The topological polar surface area (TPSA) is 58.1 Å². The molecule has 0 saturated carbocycles. The molecule has 7 heteroatoms. The van der Waals surface area contributed by atoms with E-state index >= 15 is 0 Å². The quantitative estimate of drug-likeness (QED) is 0.552. The van der Waals surface area contributed by atoms with Crippen LogP contribution in [0.1, 0.15) is 15.2 Å². The Morgan fingerprint density at radius 2 is 2.24 bits per heavy atom. The van der Waals surface area contributed by atoms with E-state index in [4.69, 9.17) is 12.2 Å². The molecule has 0 fully saturated rings. The first-order valence-electron chi connectivity index (χ1n) is 7.67. The summed E-state index contributed by atoms with van der Waals surface area (Å²) in [5.74, 6) is -0.116. The number of aromatic nitrogens is 2. The van der Waals surface area contributed by atoms with Crippen LogP contribution in [-0.2, 0) is 13.6 Å². The Hall–Kier alpha value is -2.51. The molecule has 0 atom stereocenters. The van der Waals surface area contributed by atoms with Gasteiger partial charge in [0, 0.05) is 24.0 Å². The van der Waals surface area contributed by atoms with Crippen molar-refractivity contribution >= 4 is 40.4 Å². The summed E-state index contributed by atoms with van der Waals surface area (Å²) < 4.78 is 1.70. The molecule has 128 valence electrons. The number of nitrogens with one attached hydrogen (secondary N) is 1. The Morgan fingerprint density at radius 3 is 2.92 bits per heavy atom. The standard InChI is InChI=1S/C18H17N3O2S2/c1-3-8-21(11-13-5-4-9-25-13)16(22)12-6-7-14-15(10-12)19-18(24)20(2)17(14)23/h3-7,9-10H,1,8,11H2,2H3,(H,19,24). The van der Waals surface area contributed by atoms with Gasteiger partial charge in [0.05, 0.1) is 17.4 Å². The van der Waals surface area contributed by atoms with Crippen LogP contribution >= 0.6 is 23.6 Å². The van der Waals surface area contributed by atoms with Gasteiger partial charge in [0.15, 0.2) is 4.77 Å². The number of nitrogens with zero attached hydrogens (tertiary/aromatic N) is 2. The minimum atomic E-state index is -0.181. The van der Waals surface area contributed by atoms with Gasteiger partial charge in [-0.2, -0.15) is 0 Å². The summed E-state index contributed by atoms with van der Waals surface area (Å²) in [5, 5.41) is 2.48. The number of aromatic amines is 1. The number of fused-ring (bicyclic) bond motifs is 1. The first kappa shape index (κ1) is 17.3. The molecule has 0 spiro atoms. The van der Waals surface area contributed by atoms with Gasteiger partial charge in [-0.1, -0.05) is 12.1 Å². The highest BCUT2D eigenvalue weighted by atomic mass is 32.1. The maximum atomic E-state index is 12.9. The number of thiophene rings is 1. The zero-order valence-electron chi connectivity index (χ0n) is 13.7. The van der Waals surface area contributed by atoms with Crippen LogP contribution in [0.5, 0.6) is 0 Å². The van der Waals surface area contributed by atoms with Crippen molar-refractivity contribution in [3.8, 4) is 0 Å². The van der Waals surface area contributed by atoms with Crippen molar-refractivity contribution in [3.05, 3.63) is 73.9 Å². The molecular weight excluding hydrogens is 354 g/mol. The number of amides is 1. The third-order valence-corrected chi connectivity index (χ3v) is 5.15. The Balaban J connectivity index is 2.00. The van der Waals surface area contributed by atoms with Crippen LogP contribution in [0.2, 0.25) is 0 Å². The molecule has 2 aromatic heterocycles. The van der Waals surface area contributed by atoms with Gasteiger partial charge in [0.25, 0.3) is 11.5 Å². The minimum absolute atomic E-state index is 0.116. The maximum absolute atomic E-state index is 12.9. The van der Waals surface area contributed by atoms with E-state index < -0.39 is 0 Å². The summed E-state index contributed by atoms with van der Waals surface area (Å²) in [6.07, 6.45) is 1.70. The zero-order valence-corrected chi connectivity index (χ0v) is 15.3. The molecule has 0 bridgehead atoms. The monoisotopic (exact) mass is 371 g/mol. The van der Waals surface area contributed by atoms with E-state index in [0.29, 0.717) is 34.3 Å². The van der Waals surface area contributed by atoms with Crippen LogP contribution in [0, 0.1) is 4.77 Å². The van der Waals surface area contributed by atoms with Crippen molar-refractivity contribution in [2.75, 3.05) is 6.54 Å². The van der Waals surface area contributed by atoms with Crippen LogP contribution in [0.4, 0.5) is 0 Å². The Kier molecular flexibility index (Phi) is 4.96. The molecule has 3 rings (SSSR count). The lowest BCUT2D eigenvalue weighted by Gasteiger charge is -2.20. The van der Waals surface area contributed by atoms with Crippen molar-refractivity contribution in [2.24, 2.45) is 7.05 Å². The largest absolute Gasteiger partial charge is 0.332 e. The number of H-pyrrole nitrogens is 1. The van der Waals surface area contributed by atoms with Gasteiger partial charge in [-0.05, 0) is 41.9 Å². The number of carbonyl (C=O) groups is 1. The summed E-state index contributed by atoms with van der Waals surface area (Å²) in [7, 11) is 1.62. The lowest BCUT2D eigenvalue weighted by Crippen LogP contribution is -2.30. The van der Waals surface area contributed by atoms with Gasteiger partial charge in [0.2, 0.25) is 0 Å². The van der Waals surface area contributed by atoms with Gasteiger partial charge in [-0.3, -0.25) is 14.2 Å². The van der Waals surface area contributed by atoms with Gasteiger partial charge in [-0.15, -0.1) is 17.9 Å². The van der Waals surface area contributed by atoms with Crippen LogP contribution in [0.3, 0.4) is 0 Å². The van der Waals surface area contributed by atoms with E-state index in [2.05, 4.69) is 11.6 Å². The summed E-state index contributed by atoms with van der Waals surface area (Å²) in [4.78, 5) is 31.0. The highest BCUT2D eigenvalue weighted by Crippen LogP contribution is 2.17. The highest BCUT2D eigenvalue weighted by Gasteiger charge is 2.16. The predicted octanol–water partition coefficient (Wildman–Crippen LogP) is 3.49. The van der Waals surface area contributed by atoms with E-state index in [9.17, 15) is 9.59 Å². The van der Waals surface area contributed by atoms with Crippen LogP contribution in [0.15, 0.2) is 53.2 Å². The summed E-state index contributed by atoms with van der Waals surface area (Å²) in [6, 6.07) is 8.97. The van der Waals surface area contributed by atoms with Gasteiger partial charge >= 0.3 is 0 Å². The fraction of sp³-hybridized carbons (Fsp3) is 0.167. The number of hydrogen-bond acceptors (Lipinski definition) is 4. The number of carbonyl (C=O) groups excluding carboxylic acids is 1. The van der Waals surface area contributed by atoms with Gasteiger partial charge in [0.1, 0.15) is 0 Å². The second-order valence-electron chi connectivity index (χ2n) is 5.61.